The Balaban J connectivity index is 3.27. The van der Waals surface area contributed by atoms with Crippen molar-refractivity contribution in [1.29, 1.82) is 0 Å². The van der Waals surface area contributed by atoms with E-state index in [1.54, 1.807) is 13.1 Å². The summed E-state index contributed by atoms with van der Waals surface area (Å²) < 4.78 is 0. The molecule has 0 atom stereocenters. The number of hydrogen-bond acceptors (Lipinski definition) is 3. The molecule has 0 bridgehead atoms. The highest BCUT2D eigenvalue weighted by Crippen LogP contribution is 2.15. The number of Topliss-reactive ketones (excluding diaryl/α,β-unsaturated/α-hetero) is 1. The molecule has 0 unspecified atom stereocenters. The number of carbonyl (C=O) groups is 2. The minimum absolute atomic E-state index is 0.113. The monoisotopic (exact) mass is 193 g/mol. The summed E-state index contributed by atoms with van der Waals surface area (Å²) in [6, 6.07) is 4.47. The molecule has 0 radical (unpaired) electrons. The third kappa shape index (κ3) is 2.10. The molecule has 0 aliphatic heterocycles. The van der Waals surface area contributed by atoms with E-state index in [1.165, 1.54) is 19.1 Å². The number of aromatic carboxylic acids is 1. The highest BCUT2D eigenvalue weighted by atomic mass is 16.4. The van der Waals surface area contributed by atoms with E-state index in [0.717, 1.165) is 0 Å². The molecule has 0 spiro atoms. The Kier molecular flexibility index (Phi) is 2.86. The summed E-state index contributed by atoms with van der Waals surface area (Å²) in [6.45, 7) is 1.40. The lowest BCUT2D eigenvalue weighted by molar-refractivity contribution is 0.0697. The summed E-state index contributed by atoms with van der Waals surface area (Å²) in [5.74, 6) is -1.19. The lowest BCUT2D eigenvalue weighted by Crippen LogP contribution is -2.02. The van der Waals surface area contributed by atoms with Crippen molar-refractivity contribution in [1.82, 2.24) is 0 Å². The van der Waals surface area contributed by atoms with Crippen LogP contribution in [0.5, 0.6) is 0 Å². The van der Waals surface area contributed by atoms with E-state index < -0.39 is 5.97 Å². The van der Waals surface area contributed by atoms with Gasteiger partial charge in [-0.1, -0.05) is 0 Å². The molecule has 0 fully saturated rings. The second-order valence-corrected chi connectivity index (χ2v) is 2.91. The van der Waals surface area contributed by atoms with Crippen molar-refractivity contribution in [2.75, 3.05) is 12.4 Å². The molecule has 1 rings (SSSR count). The molecule has 1 aromatic rings. The van der Waals surface area contributed by atoms with Gasteiger partial charge >= 0.3 is 5.97 Å². The maximum absolute atomic E-state index is 11.1. The molecule has 0 aliphatic rings. The van der Waals surface area contributed by atoms with Gasteiger partial charge in [0.25, 0.3) is 0 Å². The highest BCUT2D eigenvalue weighted by molar-refractivity contribution is 5.98. The van der Waals surface area contributed by atoms with Crippen LogP contribution in [0.2, 0.25) is 0 Å². The number of carboxylic acid groups (broad SMARTS) is 1. The van der Waals surface area contributed by atoms with Crippen molar-refractivity contribution < 1.29 is 14.7 Å². The topological polar surface area (TPSA) is 66.4 Å². The summed E-state index contributed by atoms with van der Waals surface area (Å²) in [5, 5.41) is 11.6. The molecule has 4 nitrogen and oxygen atoms in total. The van der Waals surface area contributed by atoms with Crippen LogP contribution in [0.4, 0.5) is 5.69 Å². The van der Waals surface area contributed by atoms with E-state index in [0.29, 0.717) is 11.3 Å². The minimum Gasteiger partial charge on any atom is -0.478 e. The van der Waals surface area contributed by atoms with Crippen LogP contribution in [-0.4, -0.2) is 23.9 Å². The molecule has 0 heterocycles. The SMILES string of the molecule is CNc1cc(C(C)=O)cc(C(=O)O)c1. The molecule has 0 aliphatic carbocycles. The van der Waals surface area contributed by atoms with Gasteiger partial charge in [-0.25, -0.2) is 4.79 Å². The Morgan fingerprint density at radius 1 is 1.21 bits per heavy atom. The predicted octanol–water partition coefficient (Wildman–Crippen LogP) is 1.63. The number of nitrogens with one attached hydrogen (secondary N) is 1. The van der Waals surface area contributed by atoms with E-state index in [9.17, 15) is 9.59 Å². The van der Waals surface area contributed by atoms with Crippen molar-refractivity contribution in [3.05, 3.63) is 29.3 Å². The molecule has 0 aromatic heterocycles. The first-order valence-electron chi connectivity index (χ1n) is 4.11. The Labute approximate surface area is 81.6 Å². The average molecular weight is 193 g/mol. The average Bonchev–Trinajstić information content (AvgIpc) is 2.16. The first-order valence-corrected chi connectivity index (χ1v) is 4.11. The third-order valence-electron chi connectivity index (χ3n) is 1.88. The van der Waals surface area contributed by atoms with E-state index in [2.05, 4.69) is 5.32 Å². The second kappa shape index (κ2) is 3.91. The number of rotatable bonds is 3. The third-order valence-corrected chi connectivity index (χ3v) is 1.88. The molecule has 2 N–H and O–H groups in total. The van der Waals surface area contributed by atoms with Gasteiger partial charge in [0, 0.05) is 18.3 Å². The van der Waals surface area contributed by atoms with E-state index >= 15 is 0 Å². The van der Waals surface area contributed by atoms with Crippen molar-refractivity contribution in [3.63, 3.8) is 0 Å². The summed E-state index contributed by atoms with van der Waals surface area (Å²) in [7, 11) is 1.67. The molecular formula is C10H11NO3. The lowest BCUT2D eigenvalue weighted by atomic mass is 10.1. The Morgan fingerprint density at radius 2 is 1.79 bits per heavy atom. The van der Waals surface area contributed by atoms with E-state index in [4.69, 9.17) is 5.11 Å². The molecule has 0 saturated heterocycles. The van der Waals surface area contributed by atoms with Crippen LogP contribution in [-0.2, 0) is 0 Å². The molecular weight excluding hydrogens is 182 g/mol. The number of carboxylic acids is 1. The standard InChI is InChI=1S/C10H11NO3/c1-6(12)7-3-8(10(13)14)5-9(4-7)11-2/h3-5,11H,1-2H3,(H,13,14). The molecule has 4 heteroatoms. The van der Waals surface area contributed by atoms with Crippen molar-refractivity contribution in [2.45, 2.75) is 6.92 Å². The van der Waals surface area contributed by atoms with Gasteiger partial charge in [-0.15, -0.1) is 0 Å². The number of anilines is 1. The number of benzene rings is 1. The van der Waals surface area contributed by atoms with Crippen molar-refractivity contribution in [2.24, 2.45) is 0 Å². The summed E-state index contributed by atoms with van der Waals surface area (Å²) in [4.78, 5) is 21.8. The van der Waals surface area contributed by atoms with Gasteiger partial charge < -0.3 is 10.4 Å². The van der Waals surface area contributed by atoms with Gasteiger partial charge in [-0.3, -0.25) is 4.79 Å². The largest absolute Gasteiger partial charge is 0.478 e. The highest BCUT2D eigenvalue weighted by Gasteiger charge is 2.08. The van der Waals surface area contributed by atoms with Gasteiger partial charge in [0.1, 0.15) is 0 Å². The maximum atomic E-state index is 11.1. The number of ketones is 1. The van der Waals surface area contributed by atoms with E-state index in [-0.39, 0.29) is 11.3 Å². The smallest absolute Gasteiger partial charge is 0.335 e. The fourth-order valence-corrected chi connectivity index (χ4v) is 1.10. The predicted molar refractivity (Wildman–Crippen MR) is 53.0 cm³/mol. The van der Waals surface area contributed by atoms with Gasteiger partial charge in [-0.05, 0) is 25.1 Å². The minimum atomic E-state index is -1.04. The maximum Gasteiger partial charge on any atom is 0.335 e. The van der Waals surface area contributed by atoms with Crippen LogP contribution in [0.15, 0.2) is 18.2 Å². The van der Waals surface area contributed by atoms with Crippen LogP contribution in [0.25, 0.3) is 0 Å². The summed E-state index contributed by atoms with van der Waals surface area (Å²) >= 11 is 0. The van der Waals surface area contributed by atoms with Gasteiger partial charge in [0.15, 0.2) is 5.78 Å². The van der Waals surface area contributed by atoms with Gasteiger partial charge in [0.2, 0.25) is 0 Å². The fraction of sp³-hybridized carbons (Fsp3) is 0.200. The second-order valence-electron chi connectivity index (χ2n) is 2.91. The van der Waals surface area contributed by atoms with Crippen LogP contribution in [0.3, 0.4) is 0 Å². The zero-order valence-electron chi connectivity index (χ0n) is 8.00. The molecule has 74 valence electrons. The zero-order valence-corrected chi connectivity index (χ0v) is 8.00. The Hall–Kier alpha value is -1.84. The van der Waals surface area contributed by atoms with Crippen LogP contribution < -0.4 is 5.32 Å². The summed E-state index contributed by atoms with van der Waals surface area (Å²) in [6.07, 6.45) is 0. The molecule has 14 heavy (non-hydrogen) atoms. The first kappa shape index (κ1) is 10.2. The lowest BCUT2D eigenvalue weighted by Gasteiger charge is -2.04. The Morgan fingerprint density at radius 3 is 2.21 bits per heavy atom. The van der Waals surface area contributed by atoms with E-state index in [1.807, 2.05) is 0 Å². The quantitative estimate of drug-likeness (QED) is 0.716. The number of hydrogen-bond donors (Lipinski definition) is 2. The van der Waals surface area contributed by atoms with Crippen LogP contribution in [0.1, 0.15) is 27.6 Å². The van der Waals surface area contributed by atoms with Crippen LogP contribution in [0, 0.1) is 0 Å². The zero-order chi connectivity index (χ0) is 10.7. The summed E-state index contributed by atoms with van der Waals surface area (Å²) in [5.41, 5.74) is 1.13. The van der Waals surface area contributed by atoms with Crippen molar-refractivity contribution in [3.8, 4) is 0 Å². The molecule has 0 saturated carbocycles. The fourth-order valence-electron chi connectivity index (χ4n) is 1.10. The molecule has 0 amide bonds. The molecule has 1 aromatic carbocycles. The first-order chi connectivity index (χ1) is 6.54. The Bertz CT molecular complexity index is 353. The van der Waals surface area contributed by atoms with Crippen molar-refractivity contribution >= 4 is 17.4 Å². The van der Waals surface area contributed by atoms with Gasteiger partial charge in [-0.2, -0.15) is 0 Å². The normalized spacial score (nSPS) is 9.57. The van der Waals surface area contributed by atoms with Gasteiger partial charge in [0.05, 0.1) is 5.56 Å². The number of carbonyl (C=O) groups excluding carboxylic acids is 1. The van der Waals surface area contributed by atoms with Crippen LogP contribution >= 0.6 is 0 Å².